The van der Waals surface area contributed by atoms with Crippen LogP contribution in [0.25, 0.3) is 6.08 Å². The molecule has 86 valence electrons. The van der Waals surface area contributed by atoms with Crippen LogP contribution in [0.3, 0.4) is 0 Å². The van der Waals surface area contributed by atoms with Gasteiger partial charge in [-0.15, -0.1) is 11.3 Å². The molecular formula is C10H10BrNO3S. The predicted octanol–water partition coefficient (Wildman–Crippen LogP) is 1.81. The number of likely N-dealkylation sites (N-methyl/N-ethyl adjacent to an activating group) is 1. The molecular weight excluding hydrogens is 294 g/mol. The van der Waals surface area contributed by atoms with Gasteiger partial charge in [-0.3, -0.25) is 4.79 Å². The van der Waals surface area contributed by atoms with Gasteiger partial charge in [-0.1, -0.05) is 0 Å². The Bertz CT molecular complexity index is 414. The highest BCUT2D eigenvalue weighted by atomic mass is 79.9. The maximum absolute atomic E-state index is 11.1. The summed E-state index contributed by atoms with van der Waals surface area (Å²) in [6.45, 7) is -0.256. The number of ether oxygens (including phenoxy) is 1. The Balaban J connectivity index is 2.39. The molecule has 0 aliphatic carbocycles. The van der Waals surface area contributed by atoms with Gasteiger partial charge < -0.3 is 10.1 Å². The zero-order chi connectivity index (χ0) is 12.0. The van der Waals surface area contributed by atoms with Crippen molar-refractivity contribution >= 4 is 45.2 Å². The maximum atomic E-state index is 11.1. The van der Waals surface area contributed by atoms with E-state index in [4.69, 9.17) is 0 Å². The van der Waals surface area contributed by atoms with Gasteiger partial charge in [0.2, 0.25) is 0 Å². The van der Waals surface area contributed by atoms with Gasteiger partial charge >= 0.3 is 5.97 Å². The third-order valence-corrected chi connectivity index (χ3v) is 3.19. The number of halogens is 1. The Hall–Kier alpha value is -1.14. The van der Waals surface area contributed by atoms with Gasteiger partial charge in [-0.25, -0.2) is 4.79 Å². The molecule has 0 radical (unpaired) electrons. The highest BCUT2D eigenvalue weighted by molar-refractivity contribution is 9.11. The molecule has 0 fully saturated rings. The van der Waals surface area contributed by atoms with Gasteiger partial charge in [0.25, 0.3) is 5.91 Å². The van der Waals surface area contributed by atoms with Crippen LogP contribution in [0.4, 0.5) is 0 Å². The number of amides is 1. The van der Waals surface area contributed by atoms with Gasteiger partial charge in [0.15, 0.2) is 6.61 Å². The molecule has 6 heteroatoms. The van der Waals surface area contributed by atoms with E-state index in [-0.39, 0.29) is 12.5 Å². The third kappa shape index (κ3) is 4.59. The normalized spacial score (nSPS) is 10.4. The van der Waals surface area contributed by atoms with Crippen molar-refractivity contribution in [2.24, 2.45) is 0 Å². The first kappa shape index (κ1) is 12.9. The Labute approximate surface area is 105 Å². The fraction of sp³-hybridized carbons (Fsp3) is 0.200. The van der Waals surface area contributed by atoms with Crippen LogP contribution in [0.2, 0.25) is 0 Å². The molecule has 0 spiro atoms. The molecule has 1 aromatic rings. The molecule has 1 amide bonds. The summed E-state index contributed by atoms with van der Waals surface area (Å²) in [6, 6.07) is 3.76. The summed E-state index contributed by atoms with van der Waals surface area (Å²) in [5.41, 5.74) is 0. The van der Waals surface area contributed by atoms with Crippen LogP contribution < -0.4 is 5.32 Å². The number of rotatable bonds is 4. The van der Waals surface area contributed by atoms with Crippen LogP contribution >= 0.6 is 27.3 Å². The highest BCUT2D eigenvalue weighted by Crippen LogP contribution is 2.22. The molecule has 1 N–H and O–H groups in total. The first-order valence-corrected chi connectivity index (χ1v) is 6.03. The molecule has 0 aliphatic rings. The van der Waals surface area contributed by atoms with Gasteiger partial charge in [0, 0.05) is 18.0 Å². The average molecular weight is 304 g/mol. The van der Waals surface area contributed by atoms with E-state index in [2.05, 4.69) is 26.0 Å². The summed E-state index contributed by atoms with van der Waals surface area (Å²) in [6.07, 6.45) is 2.93. The molecule has 16 heavy (non-hydrogen) atoms. The molecule has 4 nitrogen and oxygen atoms in total. The summed E-state index contributed by atoms with van der Waals surface area (Å²) in [4.78, 5) is 22.9. The molecule has 1 heterocycles. The molecule has 1 rings (SSSR count). The second-order valence-electron chi connectivity index (χ2n) is 2.76. The highest BCUT2D eigenvalue weighted by Gasteiger charge is 2.02. The number of nitrogens with one attached hydrogen (secondary N) is 1. The molecule has 0 saturated carbocycles. The van der Waals surface area contributed by atoms with Crippen LogP contribution in [-0.4, -0.2) is 25.5 Å². The first-order valence-electron chi connectivity index (χ1n) is 4.42. The second kappa shape index (κ2) is 6.44. The summed E-state index contributed by atoms with van der Waals surface area (Å²) in [5.74, 6) is -0.867. The Morgan fingerprint density at radius 1 is 1.56 bits per heavy atom. The molecule has 1 aromatic heterocycles. The van der Waals surface area contributed by atoms with E-state index in [0.29, 0.717) is 0 Å². The van der Waals surface area contributed by atoms with E-state index < -0.39 is 5.97 Å². The molecule has 0 bridgehead atoms. The van der Waals surface area contributed by atoms with Gasteiger partial charge in [-0.2, -0.15) is 0 Å². The third-order valence-electron chi connectivity index (χ3n) is 1.60. The van der Waals surface area contributed by atoms with Crippen LogP contribution in [0, 0.1) is 0 Å². The lowest BCUT2D eigenvalue weighted by molar-refractivity contribution is -0.143. The molecule has 0 aliphatic heterocycles. The fourth-order valence-corrected chi connectivity index (χ4v) is 2.15. The number of thiophene rings is 1. The van der Waals surface area contributed by atoms with E-state index in [9.17, 15) is 9.59 Å². The maximum Gasteiger partial charge on any atom is 0.331 e. The Kier molecular flexibility index (Phi) is 5.21. The zero-order valence-corrected chi connectivity index (χ0v) is 10.9. The van der Waals surface area contributed by atoms with Crippen molar-refractivity contribution in [2.45, 2.75) is 0 Å². The number of hydrogen-bond acceptors (Lipinski definition) is 4. The van der Waals surface area contributed by atoms with E-state index in [1.807, 2.05) is 12.1 Å². The van der Waals surface area contributed by atoms with Gasteiger partial charge in [0.05, 0.1) is 3.79 Å². The van der Waals surface area contributed by atoms with Crippen molar-refractivity contribution in [2.75, 3.05) is 13.7 Å². The Morgan fingerprint density at radius 2 is 2.31 bits per heavy atom. The smallest absolute Gasteiger partial charge is 0.331 e. The summed E-state index contributed by atoms with van der Waals surface area (Å²) in [7, 11) is 1.48. The van der Waals surface area contributed by atoms with Crippen LogP contribution in [-0.2, 0) is 14.3 Å². The van der Waals surface area contributed by atoms with E-state index in [1.165, 1.54) is 24.5 Å². The topological polar surface area (TPSA) is 55.4 Å². The number of carbonyl (C=O) groups excluding carboxylic acids is 2. The van der Waals surface area contributed by atoms with Crippen molar-refractivity contribution in [3.8, 4) is 0 Å². The summed E-state index contributed by atoms with van der Waals surface area (Å²) in [5, 5.41) is 2.35. The minimum absolute atomic E-state index is 0.256. The van der Waals surface area contributed by atoms with Gasteiger partial charge in [-0.05, 0) is 34.1 Å². The Morgan fingerprint density at radius 3 is 2.88 bits per heavy atom. The standard InChI is InChI=1S/C10H10BrNO3S/c1-12-9(13)6-15-10(14)5-3-7-2-4-8(11)16-7/h2-5H,6H2,1H3,(H,12,13)/b5-3+. The lowest BCUT2D eigenvalue weighted by Gasteiger charge is -1.99. The van der Waals surface area contributed by atoms with E-state index in [1.54, 1.807) is 6.08 Å². The minimum Gasteiger partial charge on any atom is -0.452 e. The molecule has 0 unspecified atom stereocenters. The van der Waals surface area contributed by atoms with Crippen molar-refractivity contribution in [3.05, 3.63) is 26.9 Å². The number of carbonyl (C=O) groups is 2. The zero-order valence-electron chi connectivity index (χ0n) is 8.53. The number of esters is 1. The van der Waals surface area contributed by atoms with E-state index in [0.717, 1.165) is 8.66 Å². The van der Waals surface area contributed by atoms with Gasteiger partial charge in [0.1, 0.15) is 0 Å². The molecule has 0 atom stereocenters. The van der Waals surface area contributed by atoms with Crippen LogP contribution in [0.1, 0.15) is 4.88 Å². The number of hydrogen-bond donors (Lipinski definition) is 1. The minimum atomic E-state index is -0.534. The monoisotopic (exact) mass is 303 g/mol. The van der Waals surface area contributed by atoms with Crippen molar-refractivity contribution in [1.29, 1.82) is 0 Å². The first-order chi connectivity index (χ1) is 7.61. The van der Waals surface area contributed by atoms with Crippen LogP contribution in [0.15, 0.2) is 22.0 Å². The average Bonchev–Trinajstić information content (AvgIpc) is 2.69. The summed E-state index contributed by atoms with van der Waals surface area (Å²) < 4.78 is 5.67. The van der Waals surface area contributed by atoms with Crippen molar-refractivity contribution in [1.82, 2.24) is 5.32 Å². The van der Waals surface area contributed by atoms with Crippen LogP contribution in [0.5, 0.6) is 0 Å². The second-order valence-corrected chi connectivity index (χ2v) is 5.25. The van der Waals surface area contributed by atoms with Crippen molar-refractivity contribution in [3.63, 3.8) is 0 Å². The largest absolute Gasteiger partial charge is 0.452 e. The lowest BCUT2D eigenvalue weighted by Crippen LogP contribution is -2.24. The lowest BCUT2D eigenvalue weighted by atomic mass is 10.4. The SMILES string of the molecule is CNC(=O)COC(=O)/C=C/c1ccc(Br)s1. The summed E-state index contributed by atoms with van der Waals surface area (Å²) >= 11 is 4.82. The molecule has 0 saturated heterocycles. The predicted molar refractivity (Wildman–Crippen MR) is 66.1 cm³/mol. The van der Waals surface area contributed by atoms with Crippen molar-refractivity contribution < 1.29 is 14.3 Å². The quantitative estimate of drug-likeness (QED) is 0.682. The molecule has 0 aromatic carbocycles. The van der Waals surface area contributed by atoms with E-state index >= 15 is 0 Å². The fourth-order valence-electron chi connectivity index (χ4n) is 0.825.